The molecule has 3 heteroatoms. The molecule has 0 fully saturated rings. The third kappa shape index (κ3) is 223. The molecule has 5 heavy (non-hydrogen) atoms. The summed E-state index contributed by atoms with van der Waals surface area (Å²) in [5, 5.41) is 7.19. The van der Waals surface area contributed by atoms with Gasteiger partial charge in [0.2, 0.25) is 5.39 Å². The summed E-state index contributed by atoms with van der Waals surface area (Å²) in [6, 6.07) is 0. The van der Waals surface area contributed by atoms with E-state index in [1.807, 2.05) is 0 Å². The first-order valence-corrected chi connectivity index (χ1v) is 0.647. The average Bonchev–Trinajstić information content (AvgIpc) is 0.918. The first kappa shape index (κ1) is 21.6. The Morgan fingerprint density at radius 1 is 1.60 bits per heavy atom. The molecule has 0 saturated heterocycles. The highest BCUT2D eigenvalue weighted by Crippen LogP contribution is 1.25. The molecule has 0 aliphatic heterocycles. The zero-order chi connectivity index (χ0) is 2.71. The van der Waals surface area contributed by atoms with Gasteiger partial charge in [-0.3, -0.25) is 0 Å². The first-order valence-electron chi connectivity index (χ1n) is 0.647. The lowest BCUT2D eigenvalue weighted by Crippen LogP contribution is -1.11. The fourth-order valence-electron chi connectivity index (χ4n) is 0. The SMILES string of the molecule is C.C[N+]#N.S. The normalized spacial score (nSPS) is 1.60. The summed E-state index contributed by atoms with van der Waals surface area (Å²) < 4.78 is 0. The van der Waals surface area contributed by atoms with Crippen molar-refractivity contribution in [3.05, 3.63) is 4.98 Å². The second-order valence-electron chi connectivity index (χ2n) is 0.200. The van der Waals surface area contributed by atoms with E-state index >= 15 is 0 Å². The predicted octanol–water partition coefficient (Wildman–Crippen LogP) is 1.22. The molecule has 0 atom stereocenters. The number of diazo groups is 1. The lowest BCUT2D eigenvalue weighted by atomic mass is 11.6. The molecule has 0 saturated carbocycles. The van der Waals surface area contributed by atoms with E-state index in [1.54, 1.807) is 0 Å². The Balaban J connectivity index is -0.0000000200. The molecule has 0 radical (unpaired) electrons. The van der Waals surface area contributed by atoms with Crippen molar-refractivity contribution in [2.75, 3.05) is 7.05 Å². The molecule has 0 aromatic heterocycles. The van der Waals surface area contributed by atoms with Crippen LogP contribution in [0, 0.1) is 5.39 Å². The molecule has 0 aliphatic rings. The summed E-state index contributed by atoms with van der Waals surface area (Å²) in [5.41, 5.74) is 0. The standard InChI is InChI=1S/CH3N2.CH4.H2S/c1-3-2;;/h1H3;1H4;1H2/q+1;;. The van der Waals surface area contributed by atoms with E-state index in [9.17, 15) is 0 Å². The highest BCUT2D eigenvalue weighted by Gasteiger charge is 1.35. The molecule has 0 aliphatic carbocycles. The van der Waals surface area contributed by atoms with Crippen LogP contribution in [0.15, 0.2) is 0 Å². The summed E-state index contributed by atoms with van der Waals surface area (Å²) in [6.07, 6.45) is 0. The zero-order valence-electron chi connectivity index (χ0n) is 2.39. The van der Waals surface area contributed by atoms with Gasteiger partial charge in [-0.15, -0.1) is 0 Å². The largest absolute Gasteiger partial charge is 0.296 e. The molecule has 0 N–H and O–H groups in total. The number of nitrogens with zero attached hydrogens (tertiary/aromatic N) is 2. The van der Waals surface area contributed by atoms with Gasteiger partial charge in [-0.2, -0.15) is 13.5 Å². The molecule has 0 rings (SSSR count). The minimum absolute atomic E-state index is 0. The average molecular weight is 93.2 g/mol. The fourth-order valence-corrected chi connectivity index (χ4v) is 0. The summed E-state index contributed by atoms with van der Waals surface area (Å²) in [4.78, 5) is 2.50. The van der Waals surface area contributed by atoms with Crippen molar-refractivity contribution in [1.82, 2.24) is 0 Å². The van der Waals surface area contributed by atoms with E-state index in [0.717, 1.165) is 0 Å². The van der Waals surface area contributed by atoms with Crippen LogP contribution in [0.2, 0.25) is 0 Å². The smallest absolute Gasteiger partial charge is 0.197 e. The molecule has 0 spiro atoms. The van der Waals surface area contributed by atoms with Crippen molar-refractivity contribution in [2.24, 2.45) is 0 Å². The topological polar surface area (TPSA) is 28.1 Å². The summed E-state index contributed by atoms with van der Waals surface area (Å²) in [6.45, 7) is 0. The number of hydrogen-bond donors (Lipinski definition) is 0. The van der Waals surface area contributed by atoms with Crippen molar-refractivity contribution in [2.45, 2.75) is 7.43 Å². The van der Waals surface area contributed by atoms with Gasteiger partial charge in [0.15, 0.2) is 0 Å². The van der Waals surface area contributed by atoms with Crippen LogP contribution in [0.1, 0.15) is 7.43 Å². The molecule has 0 unspecified atom stereocenters. The third-order valence-electron chi connectivity index (χ3n) is 0. The Morgan fingerprint density at radius 3 is 1.60 bits per heavy atom. The van der Waals surface area contributed by atoms with E-state index in [-0.39, 0.29) is 20.9 Å². The number of rotatable bonds is 0. The molecule has 32 valence electrons. The van der Waals surface area contributed by atoms with Crippen LogP contribution >= 0.6 is 13.5 Å². The van der Waals surface area contributed by atoms with Crippen LogP contribution in [-0.2, 0) is 0 Å². The fraction of sp³-hybridized carbons (Fsp3) is 1.00. The Kier molecular flexibility index (Phi) is 211. The summed E-state index contributed by atoms with van der Waals surface area (Å²) in [7, 11) is 1.31. The third-order valence-corrected chi connectivity index (χ3v) is 0. The molecule has 2 nitrogen and oxygen atoms in total. The summed E-state index contributed by atoms with van der Waals surface area (Å²) >= 11 is 0. The van der Waals surface area contributed by atoms with Gasteiger partial charge in [0.05, 0.1) is 0 Å². The second kappa shape index (κ2) is 48.8. The monoisotopic (exact) mass is 93.0 g/mol. The van der Waals surface area contributed by atoms with Crippen LogP contribution in [-0.4, -0.2) is 7.05 Å². The Morgan fingerprint density at radius 2 is 1.60 bits per heavy atom. The second-order valence-corrected chi connectivity index (χ2v) is 0.200. The first-order chi connectivity index (χ1) is 1.41. The van der Waals surface area contributed by atoms with Gasteiger partial charge in [-0.1, -0.05) is 7.43 Å². The van der Waals surface area contributed by atoms with Gasteiger partial charge in [-0.05, 0) is 0 Å². The van der Waals surface area contributed by atoms with E-state index in [1.165, 1.54) is 7.05 Å². The van der Waals surface area contributed by atoms with E-state index < -0.39 is 0 Å². The maximum atomic E-state index is 7.19. The molecule has 0 bridgehead atoms. The Labute approximate surface area is 39.3 Å². The quantitative estimate of drug-likeness (QED) is 0.414. The van der Waals surface area contributed by atoms with Crippen LogP contribution in [0.5, 0.6) is 0 Å². The lowest BCUT2D eigenvalue weighted by Gasteiger charge is -0.963. The Hall–Kier alpha value is -0.230. The van der Waals surface area contributed by atoms with E-state index in [0.29, 0.717) is 0 Å². The van der Waals surface area contributed by atoms with Crippen molar-refractivity contribution in [3.63, 3.8) is 0 Å². The van der Waals surface area contributed by atoms with Crippen molar-refractivity contribution in [1.29, 1.82) is 5.39 Å². The van der Waals surface area contributed by atoms with Gasteiger partial charge in [0, 0.05) is 0 Å². The maximum absolute atomic E-state index is 7.19. The predicted molar refractivity (Wildman–Crippen MR) is 28.1 cm³/mol. The van der Waals surface area contributed by atoms with Gasteiger partial charge >= 0.3 is 0 Å². The van der Waals surface area contributed by atoms with Crippen LogP contribution in [0.25, 0.3) is 4.98 Å². The van der Waals surface area contributed by atoms with Crippen molar-refractivity contribution >= 4 is 13.5 Å². The van der Waals surface area contributed by atoms with Gasteiger partial charge in [0.25, 0.3) is 7.05 Å². The highest BCUT2D eigenvalue weighted by atomic mass is 32.1. The maximum Gasteiger partial charge on any atom is 0.296 e. The van der Waals surface area contributed by atoms with Crippen LogP contribution in [0.4, 0.5) is 0 Å². The lowest BCUT2D eigenvalue weighted by molar-refractivity contribution is 1.44. The number of hydrogen-bond acceptors (Lipinski definition) is 1. The van der Waals surface area contributed by atoms with Gasteiger partial charge in [-0.25, -0.2) is 0 Å². The van der Waals surface area contributed by atoms with Gasteiger partial charge < -0.3 is 0 Å². The van der Waals surface area contributed by atoms with Crippen molar-refractivity contribution < 1.29 is 0 Å². The van der Waals surface area contributed by atoms with E-state index in [2.05, 4.69) is 4.98 Å². The van der Waals surface area contributed by atoms with Crippen LogP contribution < -0.4 is 0 Å². The minimum atomic E-state index is 0. The molecule has 0 aromatic carbocycles. The molecule has 0 amide bonds. The minimum Gasteiger partial charge on any atom is -0.197 e. The molecule has 0 aromatic rings. The summed E-state index contributed by atoms with van der Waals surface area (Å²) in [5.74, 6) is 0. The zero-order valence-corrected chi connectivity index (χ0v) is 3.39. The Bertz CT molecular complexity index is 29.1. The molecular formula is C2H9N2S+. The van der Waals surface area contributed by atoms with Crippen molar-refractivity contribution in [3.8, 4) is 0 Å². The molecule has 0 heterocycles. The van der Waals surface area contributed by atoms with Gasteiger partial charge in [0.1, 0.15) is 4.98 Å². The molecular weight excluding hydrogens is 84.1 g/mol. The van der Waals surface area contributed by atoms with E-state index in [4.69, 9.17) is 5.39 Å². The highest BCUT2D eigenvalue weighted by molar-refractivity contribution is 7.59. The van der Waals surface area contributed by atoms with Crippen LogP contribution in [0.3, 0.4) is 0 Å².